The van der Waals surface area contributed by atoms with Crippen LogP contribution in [-0.4, -0.2) is 17.6 Å². The van der Waals surface area contributed by atoms with Crippen LogP contribution in [0.15, 0.2) is 41.7 Å². The zero-order valence-corrected chi connectivity index (χ0v) is 12.8. The van der Waals surface area contributed by atoms with Crippen LogP contribution in [0.25, 0.3) is 0 Å². The van der Waals surface area contributed by atoms with Crippen LogP contribution >= 0.6 is 0 Å². The summed E-state index contributed by atoms with van der Waals surface area (Å²) in [4.78, 5) is 4.59. The topological polar surface area (TPSA) is 30.4 Å². The van der Waals surface area contributed by atoms with Crippen molar-refractivity contribution in [1.29, 1.82) is 0 Å². The maximum Gasteiger partial charge on any atom is 0.344 e. The van der Waals surface area contributed by atoms with Gasteiger partial charge in [0.05, 0.1) is 26.9 Å². The predicted octanol–water partition coefficient (Wildman–Crippen LogP) is 2.70. The molecule has 20 heavy (non-hydrogen) atoms. The lowest BCUT2D eigenvalue weighted by molar-refractivity contribution is -0.672. The van der Waals surface area contributed by atoms with Crippen molar-refractivity contribution in [2.24, 2.45) is 19.1 Å². The Kier molecular flexibility index (Phi) is 4.23. The van der Waals surface area contributed by atoms with Gasteiger partial charge >= 0.3 is 11.7 Å². The Bertz CT molecular complexity index is 590. The van der Waals surface area contributed by atoms with Crippen LogP contribution in [0.4, 0.5) is 5.69 Å². The van der Waals surface area contributed by atoms with Crippen LogP contribution in [0.5, 0.6) is 0 Å². The average Bonchev–Trinajstić information content (AvgIpc) is 2.76. The Morgan fingerprint density at radius 2 is 1.90 bits per heavy atom. The molecule has 0 saturated carbocycles. The van der Waals surface area contributed by atoms with Crippen molar-refractivity contribution in [2.45, 2.75) is 19.8 Å². The van der Waals surface area contributed by atoms with Gasteiger partial charge in [0.25, 0.3) is 0 Å². The van der Waals surface area contributed by atoms with Crippen molar-refractivity contribution >= 4 is 11.6 Å². The fourth-order valence-electron chi connectivity index (χ4n) is 2.13. The number of aromatic nitrogens is 2. The lowest BCUT2D eigenvalue weighted by Gasteiger charge is -2.06. The van der Waals surface area contributed by atoms with E-state index in [0.717, 1.165) is 11.5 Å². The third-order valence-electron chi connectivity index (χ3n) is 3.36. The SMILES string of the molecule is CO/C(=N\c1ccc(C(C)C)cc1)c1n(C)cc[n+]1C. The molecule has 1 aromatic heterocycles. The Hall–Kier alpha value is -2.10. The number of rotatable bonds is 3. The number of ether oxygens (including phenoxy) is 1. The third kappa shape index (κ3) is 2.90. The molecule has 0 aliphatic heterocycles. The Balaban J connectivity index is 2.36. The van der Waals surface area contributed by atoms with Gasteiger partial charge in [-0.05, 0) is 23.6 Å². The summed E-state index contributed by atoms with van der Waals surface area (Å²) in [5.74, 6) is 2.07. The second-order valence-corrected chi connectivity index (χ2v) is 5.21. The first-order chi connectivity index (χ1) is 9.52. The van der Waals surface area contributed by atoms with E-state index in [0.29, 0.717) is 11.8 Å². The van der Waals surface area contributed by atoms with Crippen molar-refractivity contribution in [2.75, 3.05) is 7.11 Å². The molecule has 2 aromatic rings. The second-order valence-electron chi connectivity index (χ2n) is 5.21. The van der Waals surface area contributed by atoms with E-state index >= 15 is 0 Å². The molecule has 0 atom stereocenters. The minimum Gasteiger partial charge on any atom is -0.475 e. The van der Waals surface area contributed by atoms with Crippen molar-refractivity contribution in [3.05, 3.63) is 48.0 Å². The minimum absolute atomic E-state index is 0.528. The van der Waals surface area contributed by atoms with Gasteiger partial charge < -0.3 is 4.74 Å². The summed E-state index contributed by atoms with van der Waals surface area (Å²) in [5.41, 5.74) is 2.21. The number of benzene rings is 1. The molecule has 0 fully saturated rings. The van der Waals surface area contributed by atoms with Gasteiger partial charge in [-0.2, -0.15) is 0 Å². The van der Waals surface area contributed by atoms with Crippen LogP contribution < -0.4 is 4.57 Å². The maximum absolute atomic E-state index is 5.45. The second kappa shape index (κ2) is 5.90. The molecule has 0 bridgehead atoms. The van der Waals surface area contributed by atoms with E-state index in [1.165, 1.54) is 5.56 Å². The molecule has 1 heterocycles. The van der Waals surface area contributed by atoms with E-state index in [2.05, 4.69) is 31.0 Å². The van der Waals surface area contributed by atoms with Crippen molar-refractivity contribution in [3.8, 4) is 0 Å². The highest BCUT2D eigenvalue weighted by molar-refractivity contribution is 5.91. The van der Waals surface area contributed by atoms with Gasteiger partial charge in [0.15, 0.2) is 0 Å². The molecular formula is C16H22N3O+. The van der Waals surface area contributed by atoms with Crippen LogP contribution in [0.2, 0.25) is 0 Å². The number of methoxy groups -OCH3 is 1. The lowest BCUT2D eigenvalue weighted by Crippen LogP contribution is -2.35. The third-order valence-corrected chi connectivity index (χ3v) is 3.36. The quantitative estimate of drug-likeness (QED) is 0.480. The van der Waals surface area contributed by atoms with Gasteiger partial charge in [-0.3, -0.25) is 0 Å². The van der Waals surface area contributed by atoms with Gasteiger partial charge in [-0.25, -0.2) is 14.1 Å². The van der Waals surface area contributed by atoms with Crippen LogP contribution in [0.3, 0.4) is 0 Å². The summed E-state index contributed by atoms with van der Waals surface area (Å²) in [6.07, 6.45) is 3.96. The molecule has 0 aliphatic rings. The summed E-state index contributed by atoms with van der Waals surface area (Å²) < 4.78 is 9.43. The molecule has 106 valence electrons. The zero-order chi connectivity index (χ0) is 14.7. The first kappa shape index (κ1) is 14.3. The number of nitrogens with zero attached hydrogens (tertiary/aromatic N) is 3. The van der Waals surface area contributed by atoms with E-state index in [1.807, 2.05) is 47.8 Å². The van der Waals surface area contributed by atoms with Crippen LogP contribution in [0, 0.1) is 0 Å². The largest absolute Gasteiger partial charge is 0.475 e. The van der Waals surface area contributed by atoms with Crippen LogP contribution in [0.1, 0.15) is 31.2 Å². The van der Waals surface area contributed by atoms with E-state index in [1.54, 1.807) is 7.11 Å². The molecule has 0 spiro atoms. The number of aryl methyl sites for hydroxylation is 2. The summed E-state index contributed by atoms with van der Waals surface area (Å²) >= 11 is 0. The molecule has 4 heteroatoms. The van der Waals surface area contributed by atoms with Crippen LogP contribution in [-0.2, 0) is 18.8 Å². The van der Waals surface area contributed by atoms with Crippen molar-refractivity contribution < 1.29 is 9.30 Å². The highest BCUT2D eigenvalue weighted by atomic mass is 16.5. The molecule has 2 rings (SSSR count). The van der Waals surface area contributed by atoms with Gasteiger partial charge in [-0.15, -0.1) is 0 Å². The number of imidazole rings is 1. The number of hydrogen-bond donors (Lipinski definition) is 0. The number of hydrogen-bond acceptors (Lipinski definition) is 2. The first-order valence-corrected chi connectivity index (χ1v) is 6.77. The summed E-state index contributed by atoms with van der Waals surface area (Å²) in [7, 11) is 5.60. The van der Waals surface area contributed by atoms with Gasteiger partial charge in [0.2, 0.25) is 0 Å². The van der Waals surface area contributed by atoms with E-state index < -0.39 is 0 Å². The fraction of sp³-hybridized carbons (Fsp3) is 0.375. The number of aliphatic imine (C=N–C) groups is 1. The molecule has 0 radical (unpaired) electrons. The molecular weight excluding hydrogens is 250 g/mol. The standard InChI is InChI=1S/C16H22N3O/c1-12(2)13-6-8-14(9-7-13)17-15(20-5)16-18(3)10-11-19(16)4/h6-12H,1-5H3/q+1/b17-15-. The van der Waals surface area contributed by atoms with E-state index in [-0.39, 0.29) is 0 Å². The van der Waals surface area contributed by atoms with Gasteiger partial charge in [0.1, 0.15) is 12.4 Å². The zero-order valence-electron chi connectivity index (χ0n) is 12.8. The predicted molar refractivity (Wildman–Crippen MR) is 80.3 cm³/mol. The minimum atomic E-state index is 0.528. The molecule has 0 saturated heterocycles. The molecule has 1 aromatic carbocycles. The summed E-state index contributed by atoms with van der Waals surface area (Å²) in [6, 6.07) is 8.28. The van der Waals surface area contributed by atoms with E-state index in [4.69, 9.17) is 4.74 Å². The molecule has 4 nitrogen and oxygen atoms in total. The monoisotopic (exact) mass is 272 g/mol. The van der Waals surface area contributed by atoms with Crippen molar-refractivity contribution in [3.63, 3.8) is 0 Å². The molecule has 0 amide bonds. The Morgan fingerprint density at radius 1 is 1.25 bits per heavy atom. The Labute approximate surface area is 120 Å². The average molecular weight is 272 g/mol. The first-order valence-electron chi connectivity index (χ1n) is 6.77. The maximum atomic E-state index is 5.45. The summed E-state index contributed by atoms with van der Waals surface area (Å²) in [6.45, 7) is 4.37. The molecule has 0 N–H and O–H groups in total. The van der Waals surface area contributed by atoms with E-state index in [9.17, 15) is 0 Å². The summed E-state index contributed by atoms with van der Waals surface area (Å²) in [5, 5.41) is 0. The lowest BCUT2D eigenvalue weighted by atomic mass is 10.0. The van der Waals surface area contributed by atoms with Gasteiger partial charge in [-0.1, -0.05) is 26.0 Å². The Morgan fingerprint density at radius 3 is 2.35 bits per heavy atom. The molecule has 0 unspecified atom stereocenters. The highest BCUT2D eigenvalue weighted by Crippen LogP contribution is 2.19. The normalized spacial score (nSPS) is 12.0. The van der Waals surface area contributed by atoms with Crippen molar-refractivity contribution in [1.82, 2.24) is 4.57 Å². The van der Waals surface area contributed by atoms with Gasteiger partial charge in [0, 0.05) is 0 Å². The highest BCUT2D eigenvalue weighted by Gasteiger charge is 2.20. The fourth-order valence-corrected chi connectivity index (χ4v) is 2.13. The molecule has 0 aliphatic carbocycles. The smallest absolute Gasteiger partial charge is 0.344 e.